The number of hydrogen-bond acceptors (Lipinski definition) is 1. The van der Waals surface area contributed by atoms with Crippen LogP contribution in [0.25, 0.3) is 5.57 Å². The van der Waals surface area contributed by atoms with Crippen molar-refractivity contribution in [2.24, 2.45) is 0 Å². The third kappa shape index (κ3) is 2.71. The Bertz CT molecular complexity index is 683. The average Bonchev–Trinajstić information content (AvgIpc) is 2.53. The lowest BCUT2D eigenvalue weighted by atomic mass is 9.87. The Morgan fingerprint density at radius 1 is 1.10 bits per heavy atom. The molecule has 0 spiro atoms. The van der Waals surface area contributed by atoms with Gasteiger partial charge in [0.1, 0.15) is 0 Å². The van der Waals surface area contributed by atoms with Crippen LogP contribution < -0.4 is 4.74 Å². The quantitative estimate of drug-likeness (QED) is 0.800. The van der Waals surface area contributed by atoms with E-state index in [2.05, 4.69) is 37.3 Å². The van der Waals surface area contributed by atoms with Gasteiger partial charge in [0.15, 0.2) is 11.6 Å². The van der Waals surface area contributed by atoms with Gasteiger partial charge in [-0.2, -0.15) is 0 Å². The molecule has 0 bridgehead atoms. The van der Waals surface area contributed by atoms with Crippen molar-refractivity contribution < 1.29 is 9.13 Å². The van der Waals surface area contributed by atoms with E-state index in [1.54, 1.807) is 6.07 Å². The molecule has 108 valence electrons. The van der Waals surface area contributed by atoms with Crippen molar-refractivity contribution in [3.05, 3.63) is 70.5 Å². The first-order chi connectivity index (χ1) is 10.2. The molecule has 0 fully saturated rings. The Labute approximate surface area is 125 Å². The van der Waals surface area contributed by atoms with Crippen molar-refractivity contribution in [3.8, 4) is 5.75 Å². The predicted octanol–water partition coefficient (Wildman–Crippen LogP) is 4.58. The number of aryl methyl sites for hydroxylation is 1. The molecule has 0 unspecified atom stereocenters. The average molecular weight is 282 g/mol. The largest absolute Gasteiger partial charge is 0.494 e. The van der Waals surface area contributed by atoms with Gasteiger partial charge in [-0.15, -0.1) is 0 Å². The molecule has 1 aliphatic rings. The van der Waals surface area contributed by atoms with Crippen molar-refractivity contribution in [1.29, 1.82) is 0 Å². The summed E-state index contributed by atoms with van der Waals surface area (Å²) in [6.45, 7) is 2.15. The number of ether oxygens (including phenoxy) is 1. The Balaban J connectivity index is 1.89. The van der Waals surface area contributed by atoms with E-state index >= 15 is 0 Å². The van der Waals surface area contributed by atoms with Gasteiger partial charge in [-0.25, -0.2) is 4.39 Å². The molecule has 0 heterocycles. The summed E-state index contributed by atoms with van der Waals surface area (Å²) in [5, 5.41) is 0. The number of fused-ring (bicyclic) bond motifs is 1. The summed E-state index contributed by atoms with van der Waals surface area (Å²) in [6.07, 6.45) is 4.90. The highest BCUT2D eigenvalue weighted by Gasteiger charge is 2.16. The topological polar surface area (TPSA) is 9.23 Å². The van der Waals surface area contributed by atoms with Gasteiger partial charge in [-0.1, -0.05) is 37.3 Å². The Hall–Kier alpha value is -2.09. The van der Waals surface area contributed by atoms with Gasteiger partial charge in [0.25, 0.3) is 0 Å². The maximum Gasteiger partial charge on any atom is 0.165 e. The molecule has 3 rings (SSSR count). The standard InChI is InChI=1S/C19H19FO/c1-3-13-4-6-14(7-5-13)15-8-9-16-12-19(21-2)18(20)11-17(16)10-15/h4-8,11-12H,3,9-10H2,1-2H3. The summed E-state index contributed by atoms with van der Waals surface area (Å²) in [5.74, 6) is 0.0525. The molecule has 2 aromatic rings. The second-order valence-electron chi connectivity index (χ2n) is 5.42. The SMILES string of the molecule is CCc1ccc(C2=CCc3cc(OC)c(F)cc3C2)cc1. The maximum atomic E-state index is 13.9. The number of methoxy groups -OCH3 is 1. The minimum atomic E-state index is -0.279. The van der Waals surface area contributed by atoms with Gasteiger partial charge in [0.05, 0.1) is 7.11 Å². The van der Waals surface area contributed by atoms with Crippen molar-refractivity contribution in [2.75, 3.05) is 7.11 Å². The lowest BCUT2D eigenvalue weighted by Gasteiger charge is -2.19. The van der Waals surface area contributed by atoms with Crippen molar-refractivity contribution >= 4 is 5.57 Å². The normalized spacial score (nSPS) is 13.6. The second-order valence-corrected chi connectivity index (χ2v) is 5.42. The van der Waals surface area contributed by atoms with E-state index in [4.69, 9.17) is 4.74 Å². The first kappa shape index (κ1) is 13.9. The van der Waals surface area contributed by atoms with Crippen LogP contribution in [-0.2, 0) is 19.3 Å². The molecule has 0 saturated heterocycles. The smallest absolute Gasteiger partial charge is 0.165 e. The number of allylic oxidation sites excluding steroid dienone is 2. The number of rotatable bonds is 3. The van der Waals surface area contributed by atoms with E-state index in [1.165, 1.54) is 23.8 Å². The van der Waals surface area contributed by atoms with Crippen molar-refractivity contribution in [2.45, 2.75) is 26.2 Å². The van der Waals surface area contributed by atoms with Crippen LogP contribution >= 0.6 is 0 Å². The Morgan fingerprint density at radius 3 is 2.52 bits per heavy atom. The molecule has 21 heavy (non-hydrogen) atoms. The molecule has 0 radical (unpaired) electrons. The van der Waals surface area contributed by atoms with Crippen LogP contribution in [0.3, 0.4) is 0 Å². The minimum Gasteiger partial charge on any atom is -0.494 e. The van der Waals surface area contributed by atoms with Crippen LogP contribution in [0.15, 0.2) is 42.5 Å². The summed E-state index contributed by atoms with van der Waals surface area (Å²) in [6, 6.07) is 12.1. The lowest BCUT2D eigenvalue weighted by Crippen LogP contribution is -2.04. The second kappa shape index (κ2) is 5.72. The molecule has 0 saturated carbocycles. The highest BCUT2D eigenvalue weighted by molar-refractivity contribution is 5.71. The molecule has 0 atom stereocenters. The van der Waals surface area contributed by atoms with E-state index in [-0.39, 0.29) is 5.82 Å². The summed E-state index contributed by atoms with van der Waals surface area (Å²) in [5.41, 5.74) is 6.06. The van der Waals surface area contributed by atoms with Crippen LogP contribution in [0.2, 0.25) is 0 Å². The van der Waals surface area contributed by atoms with Crippen LogP contribution in [0.1, 0.15) is 29.2 Å². The van der Waals surface area contributed by atoms with Crippen LogP contribution in [-0.4, -0.2) is 7.11 Å². The van der Waals surface area contributed by atoms with Crippen LogP contribution in [0, 0.1) is 5.82 Å². The van der Waals surface area contributed by atoms with Gasteiger partial charge in [-0.3, -0.25) is 0 Å². The third-order valence-corrected chi connectivity index (χ3v) is 4.16. The summed E-state index contributed by atoms with van der Waals surface area (Å²) in [4.78, 5) is 0. The van der Waals surface area contributed by atoms with Gasteiger partial charge in [0.2, 0.25) is 0 Å². The first-order valence-corrected chi connectivity index (χ1v) is 7.35. The molecule has 2 heteroatoms. The Kier molecular flexibility index (Phi) is 3.78. The van der Waals surface area contributed by atoms with Crippen LogP contribution in [0.5, 0.6) is 5.75 Å². The molecular formula is C19H19FO. The summed E-state index contributed by atoms with van der Waals surface area (Å²) < 4.78 is 18.9. The molecule has 1 aliphatic carbocycles. The fourth-order valence-electron chi connectivity index (χ4n) is 2.83. The number of hydrogen-bond donors (Lipinski definition) is 0. The molecule has 0 aliphatic heterocycles. The lowest BCUT2D eigenvalue weighted by molar-refractivity contribution is 0.385. The highest BCUT2D eigenvalue weighted by atomic mass is 19.1. The fraction of sp³-hybridized carbons (Fsp3) is 0.263. The predicted molar refractivity (Wildman–Crippen MR) is 84.2 cm³/mol. The monoisotopic (exact) mass is 282 g/mol. The molecule has 0 aromatic heterocycles. The molecular weight excluding hydrogens is 263 g/mol. The third-order valence-electron chi connectivity index (χ3n) is 4.16. The zero-order valence-corrected chi connectivity index (χ0v) is 12.4. The van der Waals surface area contributed by atoms with Gasteiger partial charge in [-0.05, 0) is 59.2 Å². The summed E-state index contributed by atoms with van der Waals surface area (Å²) in [7, 11) is 1.50. The summed E-state index contributed by atoms with van der Waals surface area (Å²) >= 11 is 0. The van der Waals surface area contributed by atoms with E-state index in [0.717, 1.165) is 30.4 Å². The maximum absolute atomic E-state index is 13.9. The van der Waals surface area contributed by atoms with E-state index < -0.39 is 0 Å². The number of benzene rings is 2. The minimum absolute atomic E-state index is 0.279. The fourth-order valence-corrected chi connectivity index (χ4v) is 2.83. The number of halogens is 1. The van der Waals surface area contributed by atoms with Crippen molar-refractivity contribution in [1.82, 2.24) is 0 Å². The van der Waals surface area contributed by atoms with E-state index in [9.17, 15) is 4.39 Å². The van der Waals surface area contributed by atoms with Crippen LogP contribution in [0.4, 0.5) is 4.39 Å². The van der Waals surface area contributed by atoms with Gasteiger partial charge in [0, 0.05) is 0 Å². The van der Waals surface area contributed by atoms with E-state index in [1.807, 2.05) is 6.07 Å². The van der Waals surface area contributed by atoms with E-state index in [0.29, 0.717) is 5.75 Å². The van der Waals surface area contributed by atoms with Gasteiger partial charge >= 0.3 is 0 Å². The molecule has 2 aromatic carbocycles. The zero-order valence-electron chi connectivity index (χ0n) is 12.4. The Morgan fingerprint density at radius 2 is 1.86 bits per heavy atom. The molecule has 0 amide bonds. The zero-order chi connectivity index (χ0) is 14.8. The molecule has 1 nitrogen and oxygen atoms in total. The molecule has 0 N–H and O–H groups in total. The van der Waals surface area contributed by atoms with Gasteiger partial charge < -0.3 is 4.74 Å². The van der Waals surface area contributed by atoms with Crippen molar-refractivity contribution in [3.63, 3.8) is 0 Å². The highest BCUT2D eigenvalue weighted by Crippen LogP contribution is 2.31. The first-order valence-electron chi connectivity index (χ1n) is 7.35.